The first-order valence-electron chi connectivity index (χ1n) is 5.48. The number of pyridine rings is 1. The summed E-state index contributed by atoms with van der Waals surface area (Å²) in [6.07, 6.45) is 2.97. The van der Waals surface area contributed by atoms with Crippen LogP contribution in [0.1, 0.15) is 23.8 Å². The summed E-state index contributed by atoms with van der Waals surface area (Å²) in [5.74, 6) is 0.854. The lowest BCUT2D eigenvalue weighted by molar-refractivity contribution is 0.0737. The van der Waals surface area contributed by atoms with Crippen LogP contribution in [-0.2, 0) is 0 Å². The van der Waals surface area contributed by atoms with E-state index in [1.807, 2.05) is 13.3 Å². The molecule has 1 amide bonds. The van der Waals surface area contributed by atoms with Gasteiger partial charge in [-0.25, -0.2) is 4.98 Å². The second-order valence-corrected chi connectivity index (χ2v) is 5.08. The van der Waals surface area contributed by atoms with Crippen molar-refractivity contribution in [3.63, 3.8) is 0 Å². The first kappa shape index (κ1) is 14.3. The Labute approximate surface area is 112 Å². The van der Waals surface area contributed by atoms with Crippen molar-refractivity contribution >= 4 is 29.3 Å². The van der Waals surface area contributed by atoms with E-state index in [4.69, 9.17) is 11.6 Å². The molecule has 1 unspecified atom stereocenters. The fourth-order valence-electron chi connectivity index (χ4n) is 1.57. The zero-order valence-corrected chi connectivity index (χ0v) is 11.9. The van der Waals surface area contributed by atoms with E-state index in [0.717, 1.165) is 12.2 Å². The van der Waals surface area contributed by atoms with Crippen LogP contribution in [0.5, 0.6) is 0 Å². The minimum absolute atomic E-state index is 0.0756. The van der Waals surface area contributed by atoms with Gasteiger partial charge in [0, 0.05) is 18.8 Å². The summed E-state index contributed by atoms with van der Waals surface area (Å²) in [6, 6.07) is 5.33. The van der Waals surface area contributed by atoms with Crippen LogP contribution in [0.4, 0.5) is 0 Å². The van der Waals surface area contributed by atoms with Crippen molar-refractivity contribution < 1.29 is 4.79 Å². The Morgan fingerprint density at radius 3 is 2.82 bits per heavy atom. The molecule has 1 atom stereocenters. The molecule has 0 saturated carbocycles. The van der Waals surface area contributed by atoms with E-state index >= 15 is 0 Å². The fraction of sp³-hybridized carbons (Fsp3) is 0.500. The van der Waals surface area contributed by atoms with Crippen molar-refractivity contribution in [1.29, 1.82) is 0 Å². The van der Waals surface area contributed by atoms with Gasteiger partial charge in [0.2, 0.25) is 0 Å². The van der Waals surface area contributed by atoms with Gasteiger partial charge in [0.1, 0.15) is 10.8 Å². The molecule has 0 radical (unpaired) electrons. The van der Waals surface area contributed by atoms with Crippen LogP contribution in [0.25, 0.3) is 0 Å². The van der Waals surface area contributed by atoms with Crippen molar-refractivity contribution in [3.05, 3.63) is 29.0 Å². The molecule has 1 rings (SSSR count). The van der Waals surface area contributed by atoms with Gasteiger partial charge in [-0.1, -0.05) is 24.6 Å². The molecular weight excluding hydrogens is 256 g/mol. The smallest absolute Gasteiger partial charge is 0.272 e. The minimum atomic E-state index is -0.0756. The van der Waals surface area contributed by atoms with Crippen LogP contribution in [-0.4, -0.2) is 40.9 Å². The highest BCUT2D eigenvalue weighted by molar-refractivity contribution is 7.98. The summed E-state index contributed by atoms with van der Waals surface area (Å²) < 4.78 is 0. The molecule has 0 spiro atoms. The molecule has 94 valence electrons. The Kier molecular flexibility index (Phi) is 5.78. The highest BCUT2D eigenvalue weighted by Gasteiger charge is 2.20. The molecule has 17 heavy (non-hydrogen) atoms. The summed E-state index contributed by atoms with van der Waals surface area (Å²) in [6.45, 7) is 2.08. The maximum atomic E-state index is 12.2. The number of hydrogen-bond acceptors (Lipinski definition) is 3. The van der Waals surface area contributed by atoms with Crippen molar-refractivity contribution in [3.8, 4) is 0 Å². The number of halogens is 1. The normalized spacial score (nSPS) is 12.2. The van der Waals surface area contributed by atoms with E-state index < -0.39 is 0 Å². The quantitative estimate of drug-likeness (QED) is 0.773. The van der Waals surface area contributed by atoms with Gasteiger partial charge in [-0.15, -0.1) is 0 Å². The van der Waals surface area contributed by atoms with Gasteiger partial charge in [0.25, 0.3) is 5.91 Å². The van der Waals surface area contributed by atoms with Crippen LogP contribution < -0.4 is 0 Å². The monoisotopic (exact) mass is 272 g/mol. The lowest BCUT2D eigenvalue weighted by atomic mass is 10.2. The van der Waals surface area contributed by atoms with Gasteiger partial charge < -0.3 is 4.90 Å². The third-order valence-electron chi connectivity index (χ3n) is 2.63. The molecule has 0 fully saturated rings. The van der Waals surface area contributed by atoms with E-state index in [0.29, 0.717) is 10.8 Å². The van der Waals surface area contributed by atoms with E-state index in [9.17, 15) is 4.79 Å². The zero-order chi connectivity index (χ0) is 12.8. The number of rotatable bonds is 5. The highest BCUT2D eigenvalue weighted by atomic mass is 35.5. The fourth-order valence-corrected chi connectivity index (χ4v) is 2.58. The van der Waals surface area contributed by atoms with Crippen molar-refractivity contribution in [2.24, 2.45) is 0 Å². The van der Waals surface area contributed by atoms with E-state index in [1.54, 1.807) is 34.9 Å². The van der Waals surface area contributed by atoms with Crippen LogP contribution >= 0.6 is 23.4 Å². The molecule has 0 aromatic carbocycles. The maximum Gasteiger partial charge on any atom is 0.272 e. The van der Waals surface area contributed by atoms with Crippen LogP contribution in [0, 0.1) is 0 Å². The van der Waals surface area contributed by atoms with Crippen molar-refractivity contribution in [2.45, 2.75) is 19.4 Å². The summed E-state index contributed by atoms with van der Waals surface area (Å²) in [5.41, 5.74) is 0.402. The first-order valence-corrected chi connectivity index (χ1v) is 7.26. The number of aromatic nitrogens is 1. The van der Waals surface area contributed by atoms with Gasteiger partial charge in [-0.2, -0.15) is 11.8 Å². The summed E-state index contributed by atoms with van der Waals surface area (Å²) >= 11 is 7.52. The van der Waals surface area contributed by atoms with Gasteiger partial charge in [0.15, 0.2) is 0 Å². The molecule has 0 aliphatic heterocycles. The van der Waals surface area contributed by atoms with Gasteiger partial charge in [0.05, 0.1) is 0 Å². The molecule has 0 bridgehead atoms. The summed E-state index contributed by atoms with van der Waals surface area (Å²) in [4.78, 5) is 18.0. The lowest BCUT2D eigenvalue weighted by Crippen LogP contribution is -2.38. The van der Waals surface area contributed by atoms with E-state index in [2.05, 4.69) is 11.9 Å². The highest BCUT2D eigenvalue weighted by Crippen LogP contribution is 2.13. The Morgan fingerprint density at radius 1 is 1.59 bits per heavy atom. The number of carbonyl (C=O) groups is 1. The van der Waals surface area contributed by atoms with Crippen LogP contribution in [0.3, 0.4) is 0 Å². The first-order chi connectivity index (χ1) is 8.10. The third kappa shape index (κ3) is 3.89. The van der Waals surface area contributed by atoms with Gasteiger partial charge in [-0.05, 0) is 24.8 Å². The van der Waals surface area contributed by atoms with Gasteiger partial charge >= 0.3 is 0 Å². The summed E-state index contributed by atoms with van der Waals surface area (Å²) in [5, 5.41) is 0.349. The average Bonchev–Trinajstić information content (AvgIpc) is 2.34. The number of amides is 1. The van der Waals surface area contributed by atoms with Crippen LogP contribution in [0.15, 0.2) is 18.2 Å². The second-order valence-electron chi connectivity index (χ2n) is 3.78. The predicted molar refractivity (Wildman–Crippen MR) is 73.8 cm³/mol. The molecule has 0 aliphatic rings. The van der Waals surface area contributed by atoms with Crippen molar-refractivity contribution in [2.75, 3.05) is 19.1 Å². The molecule has 3 nitrogen and oxygen atoms in total. The predicted octanol–water partition coefficient (Wildman–Crippen LogP) is 2.95. The molecule has 1 heterocycles. The molecule has 0 saturated heterocycles. The molecule has 0 N–H and O–H groups in total. The Balaban J connectivity index is 2.81. The molecule has 1 aromatic heterocycles. The molecule has 1 aromatic rings. The Morgan fingerprint density at radius 2 is 2.29 bits per heavy atom. The van der Waals surface area contributed by atoms with E-state index in [-0.39, 0.29) is 11.9 Å². The third-order valence-corrected chi connectivity index (χ3v) is 3.56. The number of nitrogens with zero attached hydrogens (tertiary/aromatic N) is 2. The topological polar surface area (TPSA) is 33.2 Å². The summed E-state index contributed by atoms with van der Waals surface area (Å²) in [7, 11) is 1.81. The van der Waals surface area contributed by atoms with E-state index in [1.165, 1.54) is 0 Å². The molecular formula is C12H17ClN2OS. The SMILES string of the molecule is CCC(CSC)N(C)C(=O)c1cccc(Cl)n1. The minimum Gasteiger partial charge on any atom is -0.337 e. The standard InChI is InChI=1S/C12H17ClN2OS/c1-4-9(8-17-3)15(2)12(16)10-6-5-7-11(13)14-10/h5-7,9H,4,8H2,1-3H3. The largest absolute Gasteiger partial charge is 0.337 e. The molecule has 5 heteroatoms. The van der Waals surface area contributed by atoms with Crippen molar-refractivity contribution in [1.82, 2.24) is 9.88 Å². The number of hydrogen-bond donors (Lipinski definition) is 0. The second kappa shape index (κ2) is 6.87. The zero-order valence-electron chi connectivity index (χ0n) is 10.3. The van der Waals surface area contributed by atoms with Crippen LogP contribution in [0.2, 0.25) is 5.15 Å². The number of carbonyl (C=O) groups excluding carboxylic acids is 1. The number of thioether (sulfide) groups is 1. The lowest BCUT2D eigenvalue weighted by Gasteiger charge is -2.26. The molecule has 0 aliphatic carbocycles. The Hall–Kier alpha value is -0.740. The Bertz CT molecular complexity index is 387. The van der Waals surface area contributed by atoms with Gasteiger partial charge in [-0.3, -0.25) is 4.79 Å². The maximum absolute atomic E-state index is 12.2. The average molecular weight is 273 g/mol.